The number of hydrogen-bond acceptors (Lipinski definition) is 5. The van der Waals surface area contributed by atoms with Gasteiger partial charge in [-0.05, 0) is 55.8 Å². The van der Waals surface area contributed by atoms with Crippen molar-refractivity contribution in [1.82, 2.24) is 14.1 Å². The van der Waals surface area contributed by atoms with Gasteiger partial charge < -0.3 is 14.6 Å². The van der Waals surface area contributed by atoms with E-state index < -0.39 is 5.97 Å². The predicted molar refractivity (Wildman–Crippen MR) is 143 cm³/mol. The molecule has 5 aromatic rings. The van der Waals surface area contributed by atoms with Crippen LogP contribution in [0.3, 0.4) is 0 Å². The van der Waals surface area contributed by atoms with Gasteiger partial charge in [-0.1, -0.05) is 42.0 Å². The minimum Gasteiger partial charge on any atom is -0.462 e. The average Bonchev–Trinajstić information content (AvgIpc) is 3.19. The number of carbonyl (C=O) groups excluding carboxylic acids is 2. The van der Waals surface area contributed by atoms with Crippen LogP contribution in [-0.2, 0) is 22.6 Å². The maximum atomic E-state index is 13.6. The number of rotatable bonds is 7. The van der Waals surface area contributed by atoms with Gasteiger partial charge >= 0.3 is 5.97 Å². The van der Waals surface area contributed by atoms with Crippen LogP contribution in [0.15, 0.2) is 83.9 Å². The SMILES string of the molecule is CCOC(=O)c1ccc(NC(=O)Cn2c3ccc(C)cc3c3ncn(Cc4ccccc4)c(=O)c32)cc1. The molecule has 8 heteroatoms. The highest BCUT2D eigenvalue weighted by molar-refractivity contribution is 6.06. The van der Waals surface area contributed by atoms with E-state index in [0.717, 1.165) is 22.0 Å². The third-order valence-corrected chi connectivity index (χ3v) is 6.16. The lowest BCUT2D eigenvalue weighted by Crippen LogP contribution is -2.25. The third-order valence-electron chi connectivity index (χ3n) is 6.16. The van der Waals surface area contributed by atoms with Crippen LogP contribution in [0.2, 0.25) is 0 Å². The number of carbonyl (C=O) groups is 2. The lowest BCUT2D eigenvalue weighted by atomic mass is 10.1. The number of esters is 1. The summed E-state index contributed by atoms with van der Waals surface area (Å²) in [6.07, 6.45) is 1.56. The molecular formula is C29H26N4O4. The lowest BCUT2D eigenvalue weighted by molar-refractivity contribution is -0.116. The highest BCUT2D eigenvalue weighted by atomic mass is 16.5. The van der Waals surface area contributed by atoms with Gasteiger partial charge in [0.2, 0.25) is 5.91 Å². The van der Waals surface area contributed by atoms with Crippen LogP contribution in [0.4, 0.5) is 5.69 Å². The molecule has 1 N–H and O–H groups in total. The normalized spacial score (nSPS) is 11.1. The fourth-order valence-electron chi connectivity index (χ4n) is 4.42. The highest BCUT2D eigenvalue weighted by Crippen LogP contribution is 2.26. The number of benzene rings is 3. The number of aromatic nitrogens is 3. The van der Waals surface area contributed by atoms with Crippen molar-refractivity contribution in [2.75, 3.05) is 11.9 Å². The van der Waals surface area contributed by atoms with Crippen LogP contribution < -0.4 is 10.9 Å². The summed E-state index contributed by atoms with van der Waals surface area (Å²) in [5.74, 6) is -0.721. The van der Waals surface area contributed by atoms with Crippen molar-refractivity contribution in [3.63, 3.8) is 0 Å². The van der Waals surface area contributed by atoms with Crippen molar-refractivity contribution in [3.05, 3.63) is 106 Å². The Morgan fingerprint density at radius 2 is 1.76 bits per heavy atom. The van der Waals surface area contributed by atoms with Gasteiger partial charge in [0.1, 0.15) is 17.6 Å². The van der Waals surface area contributed by atoms with Crippen molar-refractivity contribution < 1.29 is 14.3 Å². The molecule has 0 aliphatic heterocycles. The first-order chi connectivity index (χ1) is 17.9. The fourth-order valence-corrected chi connectivity index (χ4v) is 4.42. The van der Waals surface area contributed by atoms with Crippen molar-refractivity contribution in [1.29, 1.82) is 0 Å². The largest absolute Gasteiger partial charge is 0.462 e. The highest BCUT2D eigenvalue weighted by Gasteiger charge is 2.19. The van der Waals surface area contributed by atoms with Gasteiger partial charge in [0.05, 0.1) is 30.6 Å². The van der Waals surface area contributed by atoms with E-state index in [2.05, 4.69) is 10.3 Å². The standard InChI is InChI=1S/C29H26N4O4/c1-3-37-29(36)21-10-12-22(13-11-21)31-25(34)17-33-24-14-9-19(2)15-23(24)26-27(33)28(35)32(18-30-26)16-20-7-5-4-6-8-20/h4-15,18H,3,16-17H2,1-2H3,(H,31,34). The molecule has 186 valence electrons. The number of fused-ring (bicyclic) bond motifs is 3. The van der Waals surface area contributed by atoms with E-state index in [1.54, 1.807) is 46.7 Å². The Balaban J connectivity index is 1.50. The maximum Gasteiger partial charge on any atom is 0.338 e. The van der Waals surface area contributed by atoms with Gasteiger partial charge in [-0.2, -0.15) is 0 Å². The van der Waals surface area contributed by atoms with Crippen LogP contribution in [0.5, 0.6) is 0 Å². The van der Waals surface area contributed by atoms with Crippen LogP contribution >= 0.6 is 0 Å². The van der Waals surface area contributed by atoms with E-state index in [0.29, 0.717) is 28.8 Å². The summed E-state index contributed by atoms with van der Waals surface area (Å²) in [6.45, 7) is 4.31. The molecule has 2 heterocycles. The second-order valence-corrected chi connectivity index (χ2v) is 8.81. The summed E-state index contributed by atoms with van der Waals surface area (Å²) >= 11 is 0. The van der Waals surface area contributed by atoms with Crippen molar-refractivity contribution in [2.24, 2.45) is 0 Å². The number of nitrogens with zero attached hydrogens (tertiary/aromatic N) is 3. The number of nitrogens with one attached hydrogen (secondary N) is 1. The summed E-state index contributed by atoms with van der Waals surface area (Å²) in [5.41, 5.74) is 4.45. The molecule has 0 atom stereocenters. The summed E-state index contributed by atoms with van der Waals surface area (Å²) in [6, 6.07) is 22.0. The fraction of sp³-hybridized carbons (Fsp3) is 0.172. The quantitative estimate of drug-likeness (QED) is 0.336. The Kier molecular flexibility index (Phi) is 6.55. The molecule has 0 saturated heterocycles. The Hall–Kier alpha value is -4.72. The summed E-state index contributed by atoms with van der Waals surface area (Å²) in [5, 5.41) is 3.68. The van der Waals surface area contributed by atoms with Gasteiger partial charge in [-0.25, -0.2) is 9.78 Å². The first-order valence-corrected chi connectivity index (χ1v) is 12.0. The smallest absolute Gasteiger partial charge is 0.338 e. The zero-order valence-corrected chi connectivity index (χ0v) is 20.6. The maximum absolute atomic E-state index is 13.6. The monoisotopic (exact) mass is 494 g/mol. The van der Waals surface area contributed by atoms with Crippen molar-refractivity contribution >= 4 is 39.5 Å². The molecule has 0 unspecified atom stereocenters. The van der Waals surface area contributed by atoms with E-state index in [9.17, 15) is 14.4 Å². The first-order valence-electron chi connectivity index (χ1n) is 12.0. The second kappa shape index (κ2) is 10.1. The number of aryl methyl sites for hydroxylation is 1. The first kappa shape index (κ1) is 24.0. The lowest BCUT2D eigenvalue weighted by Gasteiger charge is -2.10. The molecule has 8 nitrogen and oxygen atoms in total. The number of amides is 1. The van der Waals surface area contributed by atoms with Crippen LogP contribution in [0, 0.1) is 6.92 Å². The van der Waals surface area contributed by atoms with E-state index >= 15 is 0 Å². The number of ether oxygens (including phenoxy) is 1. The molecule has 0 aliphatic carbocycles. The molecule has 0 radical (unpaired) electrons. The van der Waals surface area contributed by atoms with Crippen LogP contribution in [0.1, 0.15) is 28.4 Å². The molecule has 5 rings (SSSR count). The average molecular weight is 495 g/mol. The van der Waals surface area contributed by atoms with Gasteiger partial charge in [0.15, 0.2) is 0 Å². The van der Waals surface area contributed by atoms with Gasteiger partial charge in [0.25, 0.3) is 5.56 Å². The second-order valence-electron chi connectivity index (χ2n) is 8.81. The van der Waals surface area contributed by atoms with E-state index in [-0.39, 0.29) is 24.6 Å². The third kappa shape index (κ3) is 4.86. The molecule has 0 saturated carbocycles. The molecule has 0 bridgehead atoms. The predicted octanol–water partition coefficient (Wildman–Crippen LogP) is 4.52. The molecular weight excluding hydrogens is 468 g/mol. The Bertz CT molecular complexity index is 1670. The molecule has 2 aromatic heterocycles. The summed E-state index contributed by atoms with van der Waals surface area (Å²) in [7, 11) is 0. The van der Waals surface area contributed by atoms with Crippen LogP contribution in [-0.4, -0.2) is 32.6 Å². The van der Waals surface area contributed by atoms with Crippen molar-refractivity contribution in [3.8, 4) is 0 Å². The zero-order valence-electron chi connectivity index (χ0n) is 20.6. The van der Waals surface area contributed by atoms with E-state index in [4.69, 9.17) is 4.74 Å². The topological polar surface area (TPSA) is 95.2 Å². The molecule has 0 fully saturated rings. The van der Waals surface area contributed by atoms with Crippen molar-refractivity contribution in [2.45, 2.75) is 26.9 Å². The summed E-state index contributed by atoms with van der Waals surface area (Å²) in [4.78, 5) is 43.2. The van der Waals surface area contributed by atoms with Gasteiger partial charge in [-0.15, -0.1) is 0 Å². The molecule has 1 amide bonds. The molecule has 0 spiro atoms. The zero-order chi connectivity index (χ0) is 25.9. The minimum absolute atomic E-state index is 0.0744. The van der Waals surface area contributed by atoms with E-state index in [1.165, 1.54) is 0 Å². The number of hydrogen-bond donors (Lipinski definition) is 1. The Labute approximate surface area is 213 Å². The van der Waals surface area contributed by atoms with E-state index in [1.807, 2.05) is 55.5 Å². The molecule has 3 aromatic carbocycles. The number of anilines is 1. The summed E-state index contributed by atoms with van der Waals surface area (Å²) < 4.78 is 8.29. The Morgan fingerprint density at radius 1 is 1.00 bits per heavy atom. The molecule has 0 aliphatic rings. The Morgan fingerprint density at radius 3 is 2.49 bits per heavy atom. The minimum atomic E-state index is -0.416. The molecule has 37 heavy (non-hydrogen) atoms. The van der Waals surface area contributed by atoms with Crippen LogP contribution in [0.25, 0.3) is 21.9 Å². The van der Waals surface area contributed by atoms with Gasteiger partial charge in [0, 0.05) is 11.1 Å². The van der Waals surface area contributed by atoms with Gasteiger partial charge in [-0.3, -0.25) is 14.2 Å².